The number of anilines is 1. The Morgan fingerprint density at radius 1 is 1.05 bits per heavy atom. The molecule has 1 fully saturated rings. The summed E-state index contributed by atoms with van der Waals surface area (Å²) < 4.78 is 17.9. The van der Waals surface area contributed by atoms with E-state index >= 15 is 0 Å². The molecule has 10 heteroatoms. The first kappa shape index (κ1) is 24.3. The number of piperidine rings is 1. The van der Waals surface area contributed by atoms with E-state index in [-0.39, 0.29) is 17.5 Å². The lowest BCUT2D eigenvalue weighted by molar-refractivity contribution is 0.477. The van der Waals surface area contributed by atoms with Crippen molar-refractivity contribution < 1.29 is 9.50 Å². The number of hydrogen-bond acceptors (Lipinski definition) is 5. The van der Waals surface area contributed by atoms with Crippen molar-refractivity contribution in [2.24, 2.45) is 12.8 Å². The Hall–Kier alpha value is -4.08. The Bertz CT molecular complexity index is 1730. The van der Waals surface area contributed by atoms with Crippen LogP contribution in [0.2, 0.25) is 5.02 Å². The number of nitrogens with two attached hydrogens (primary N) is 1. The standard InChI is InChI=1S/C28H26ClFN6O2/c1-34-8-9-36(28(34)38)25-3-2-16(10-23(25)29)20-13-18(30)14-21(27(20)37)17-11-24-22(15-32-33-24)26(12-17)35-6-4-19(31)5-7-35/h2-3,8-15,19,37H,4-7,31H2,1H3,(H,32,33). The van der Waals surface area contributed by atoms with Crippen molar-refractivity contribution in [3.8, 4) is 33.7 Å². The van der Waals surface area contributed by atoms with Crippen LogP contribution in [-0.2, 0) is 7.05 Å². The average molecular weight is 533 g/mol. The second-order valence-electron chi connectivity index (χ2n) is 9.73. The molecule has 3 aromatic carbocycles. The molecule has 0 unspecified atom stereocenters. The number of phenols is 1. The van der Waals surface area contributed by atoms with Crippen molar-refractivity contribution in [2.75, 3.05) is 18.0 Å². The fraction of sp³-hybridized carbons (Fsp3) is 0.214. The molecule has 6 rings (SSSR count). The van der Waals surface area contributed by atoms with Gasteiger partial charge in [0.1, 0.15) is 11.6 Å². The highest BCUT2D eigenvalue weighted by atomic mass is 35.5. The molecule has 5 aromatic rings. The van der Waals surface area contributed by atoms with Crippen molar-refractivity contribution >= 4 is 28.2 Å². The number of nitrogens with zero attached hydrogens (tertiary/aromatic N) is 4. The predicted molar refractivity (Wildman–Crippen MR) is 148 cm³/mol. The monoisotopic (exact) mass is 532 g/mol. The molecule has 0 aliphatic carbocycles. The fourth-order valence-electron chi connectivity index (χ4n) is 5.15. The first-order valence-corrected chi connectivity index (χ1v) is 12.7. The number of imidazole rings is 1. The van der Waals surface area contributed by atoms with Crippen LogP contribution in [0, 0.1) is 5.82 Å². The number of nitrogens with one attached hydrogen (secondary N) is 1. The van der Waals surface area contributed by atoms with Gasteiger partial charge in [-0.15, -0.1) is 0 Å². The molecule has 1 saturated heterocycles. The molecule has 8 nitrogen and oxygen atoms in total. The summed E-state index contributed by atoms with van der Waals surface area (Å²) in [5.74, 6) is -0.569. The van der Waals surface area contributed by atoms with Crippen LogP contribution in [0.15, 0.2) is 65.8 Å². The SMILES string of the molecule is Cn1ccn(-c2ccc(-c3cc(F)cc(-c4cc(N5CCC(N)CC5)c5cn[nH]c5c4)c3O)cc2Cl)c1=O. The van der Waals surface area contributed by atoms with Crippen molar-refractivity contribution in [2.45, 2.75) is 18.9 Å². The minimum Gasteiger partial charge on any atom is -0.507 e. The first-order chi connectivity index (χ1) is 18.3. The number of aryl methyl sites for hydroxylation is 1. The van der Waals surface area contributed by atoms with Gasteiger partial charge in [-0.1, -0.05) is 17.7 Å². The molecule has 0 saturated carbocycles. The third-order valence-corrected chi connectivity index (χ3v) is 7.57. The zero-order valence-corrected chi connectivity index (χ0v) is 21.4. The number of aromatic amines is 1. The van der Waals surface area contributed by atoms with Crippen molar-refractivity contribution in [3.63, 3.8) is 0 Å². The lowest BCUT2D eigenvalue weighted by Crippen LogP contribution is -2.39. The minimum absolute atomic E-state index is 0.0717. The van der Waals surface area contributed by atoms with Gasteiger partial charge in [0.25, 0.3) is 0 Å². The summed E-state index contributed by atoms with van der Waals surface area (Å²) in [6, 6.07) is 11.6. The molecule has 2 aromatic heterocycles. The predicted octanol–water partition coefficient (Wildman–Crippen LogP) is 4.81. The Balaban J connectivity index is 1.45. The molecule has 0 spiro atoms. The molecule has 0 radical (unpaired) electrons. The summed E-state index contributed by atoms with van der Waals surface area (Å²) in [4.78, 5) is 14.6. The number of aromatic hydroxyl groups is 1. The number of halogens is 2. The third kappa shape index (κ3) is 4.13. The van der Waals surface area contributed by atoms with E-state index in [1.54, 1.807) is 43.8 Å². The van der Waals surface area contributed by atoms with Crippen LogP contribution < -0.4 is 16.3 Å². The number of rotatable bonds is 4. The summed E-state index contributed by atoms with van der Waals surface area (Å²) in [7, 11) is 1.65. The van der Waals surface area contributed by atoms with Gasteiger partial charge in [-0.3, -0.25) is 9.67 Å². The van der Waals surface area contributed by atoms with Gasteiger partial charge in [-0.2, -0.15) is 5.10 Å². The second-order valence-corrected chi connectivity index (χ2v) is 10.1. The topological polar surface area (TPSA) is 105 Å². The summed E-state index contributed by atoms with van der Waals surface area (Å²) in [6.45, 7) is 1.61. The molecule has 3 heterocycles. The Morgan fingerprint density at radius 2 is 1.79 bits per heavy atom. The maximum Gasteiger partial charge on any atom is 0.332 e. The van der Waals surface area contributed by atoms with Gasteiger partial charge in [0.05, 0.1) is 22.4 Å². The molecular weight excluding hydrogens is 507 g/mol. The van der Waals surface area contributed by atoms with E-state index in [0.29, 0.717) is 33.0 Å². The number of fused-ring (bicyclic) bond motifs is 1. The summed E-state index contributed by atoms with van der Waals surface area (Å²) in [6.07, 6.45) is 6.80. The molecule has 0 bridgehead atoms. The lowest BCUT2D eigenvalue weighted by atomic mass is 9.95. The quantitative estimate of drug-likeness (QED) is 0.308. The largest absolute Gasteiger partial charge is 0.507 e. The number of aromatic nitrogens is 4. The highest BCUT2D eigenvalue weighted by Crippen LogP contribution is 2.42. The number of hydrogen-bond donors (Lipinski definition) is 3. The molecular formula is C28H26ClFN6O2. The lowest BCUT2D eigenvalue weighted by Gasteiger charge is -2.32. The van der Waals surface area contributed by atoms with E-state index in [0.717, 1.165) is 42.5 Å². The Kier molecular flexibility index (Phi) is 5.97. The van der Waals surface area contributed by atoms with E-state index in [9.17, 15) is 14.3 Å². The van der Waals surface area contributed by atoms with Crippen LogP contribution in [0.5, 0.6) is 5.75 Å². The van der Waals surface area contributed by atoms with Gasteiger partial charge >= 0.3 is 5.69 Å². The number of phenolic OH excluding ortho intramolecular Hbond substituents is 1. The zero-order chi connectivity index (χ0) is 26.6. The maximum atomic E-state index is 15.0. The molecule has 0 atom stereocenters. The van der Waals surface area contributed by atoms with Crippen LogP contribution in [0.3, 0.4) is 0 Å². The molecule has 4 N–H and O–H groups in total. The number of H-pyrrole nitrogens is 1. The number of benzene rings is 3. The molecule has 38 heavy (non-hydrogen) atoms. The van der Waals surface area contributed by atoms with Crippen molar-refractivity contribution in [3.05, 3.63) is 82.4 Å². The van der Waals surface area contributed by atoms with Crippen molar-refractivity contribution in [1.82, 2.24) is 19.3 Å². The van der Waals surface area contributed by atoms with E-state index in [1.807, 2.05) is 12.1 Å². The van der Waals surface area contributed by atoms with Crippen LogP contribution in [0.1, 0.15) is 12.8 Å². The Morgan fingerprint density at radius 3 is 2.47 bits per heavy atom. The third-order valence-electron chi connectivity index (χ3n) is 7.27. The van der Waals surface area contributed by atoms with E-state index < -0.39 is 5.82 Å². The van der Waals surface area contributed by atoms with Gasteiger partial charge in [0.15, 0.2) is 0 Å². The van der Waals surface area contributed by atoms with Gasteiger partial charge in [0.2, 0.25) is 0 Å². The average Bonchev–Trinajstić information content (AvgIpc) is 3.51. The minimum atomic E-state index is -0.498. The normalized spacial score (nSPS) is 14.5. The summed E-state index contributed by atoms with van der Waals surface area (Å²) in [5, 5.41) is 19.9. The summed E-state index contributed by atoms with van der Waals surface area (Å²) >= 11 is 6.54. The van der Waals surface area contributed by atoms with E-state index in [2.05, 4.69) is 15.1 Å². The maximum absolute atomic E-state index is 15.0. The smallest absolute Gasteiger partial charge is 0.332 e. The highest BCUT2D eigenvalue weighted by Gasteiger charge is 2.22. The van der Waals surface area contributed by atoms with E-state index in [4.69, 9.17) is 17.3 Å². The Labute approximate surface area is 222 Å². The first-order valence-electron chi connectivity index (χ1n) is 12.3. The molecule has 1 aliphatic rings. The van der Waals surface area contributed by atoms with Crippen molar-refractivity contribution in [1.29, 1.82) is 0 Å². The van der Waals surface area contributed by atoms with Gasteiger partial charge < -0.3 is 20.3 Å². The highest BCUT2D eigenvalue weighted by molar-refractivity contribution is 6.32. The van der Waals surface area contributed by atoms with E-state index in [1.165, 1.54) is 21.3 Å². The fourth-order valence-corrected chi connectivity index (χ4v) is 5.42. The van der Waals surface area contributed by atoms with Gasteiger partial charge in [-0.25, -0.2) is 9.18 Å². The zero-order valence-electron chi connectivity index (χ0n) is 20.7. The summed E-state index contributed by atoms with van der Waals surface area (Å²) in [5.41, 5.74) is 9.94. The molecule has 0 amide bonds. The van der Waals surface area contributed by atoms with Gasteiger partial charge in [0, 0.05) is 60.8 Å². The molecule has 194 valence electrons. The van der Waals surface area contributed by atoms with Crippen LogP contribution in [-0.4, -0.2) is 43.6 Å². The molecule has 1 aliphatic heterocycles. The van der Waals surface area contributed by atoms with Gasteiger partial charge in [-0.05, 0) is 60.4 Å². The van der Waals surface area contributed by atoms with Crippen LogP contribution in [0.4, 0.5) is 10.1 Å². The van der Waals surface area contributed by atoms with Crippen LogP contribution in [0.25, 0.3) is 38.8 Å². The second kappa shape index (κ2) is 9.34. The van der Waals surface area contributed by atoms with Crippen LogP contribution >= 0.6 is 11.6 Å².